The molecule has 2 aromatic carbocycles. The maximum Gasteiger partial charge on any atom is 0.373 e. The van der Waals surface area contributed by atoms with Gasteiger partial charge in [0.25, 0.3) is 11.8 Å². The smallest absolute Gasteiger partial charge is 0.373 e. The number of anilines is 1. The molecule has 1 saturated heterocycles. The summed E-state index contributed by atoms with van der Waals surface area (Å²) in [6.45, 7) is 0.317. The Kier molecular flexibility index (Phi) is 5.45. The average molecular weight is 513 g/mol. The molecule has 1 N–H and O–H groups in total. The quantitative estimate of drug-likeness (QED) is 0.244. The van der Waals surface area contributed by atoms with Crippen molar-refractivity contribution in [2.45, 2.75) is 6.54 Å². The Hall–Kier alpha value is -5.32. The van der Waals surface area contributed by atoms with E-state index in [0.717, 1.165) is 15.8 Å². The molecule has 0 saturated carbocycles. The van der Waals surface area contributed by atoms with E-state index in [9.17, 15) is 19.2 Å². The monoisotopic (exact) mass is 513 g/mol. The molecule has 4 heterocycles. The number of nitrogens with zero attached hydrogens (tertiary/aromatic N) is 2. The number of benzene rings is 2. The average Bonchev–Trinajstić information content (AvgIpc) is 3.65. The number of nitrogens with one attached hydrogen (secondary N) is 1. The lowest BCUT2D eigenvalue weighted by molar-refractivity contribution is -0.122. The maximum absolute atomic E-state index is 13.4. The third-order valence-electron chi connectivity index (χ3n) is 6.21. The molecule has 38 heavy (non-hydrogen) atoms. The van der Waals surface area contributed by atoms with Crippen LogP contribution in [0, 0.1) is 0 Å². The molecule has 1 fully saturated rings. The number of amides is 4. The minimum absolute atomic E-state index is 0.0363. The molecule has 6 rings (SSSR count). The van der Waals surface area contributed by atoms with Gasteiger partial charge in [-0.2, -0.15) is 0 Å². The number of urea groups is 1. The van der Waals surface area contributed by atoms with Gasteiger partial charge in [0.2, 0.25) is 12.6 Å². The first-order valence-electron chi connectivity index (χ1n) is 11.5. The molecule has 190 valence electrons. The van der Waals surface area contributed by atoms with Gasteiger partial charge in [0.1, 0.15) is 11.3 Å². The molecule has 4 amide bonds. The summed E-state index contributed by atoms with van der Waals surface area (Å²) in [5.41, 5.74) is 1.41. The van der Waals surface area contributed by atoms with Crippen LogP contribution in [0.5, 0.6) is 11.5 Å². The topological polar surface area (TPSA) is 129 Å². The zero-order valence-corrected chi connectivity index (χ0v) is 19.9. The van der Waals surface area contributed by atoms with Gasteiger partial charge in [0.05, 0.1) is 19.3 Å². The lowest BCUT2D eigenvalue weighted by Gasteiger charge is -2.26. The molecule has 0 aliphatic carbocycles. The summed E-state index contributed by atoms with van der Waals surface area (Å²) >= 11 is 0. The second kappa shape index (κ2) is 8.96. The van der Waals surface area contributed by atoms with Crippen LogP contribution in [0.25, 0.3) is 17.0 Å². The molecule has 2 aromatic heterocycles. The summed E-state index contributed by atoms with van der Waals surface area (Å²) in [6, 6.07) is 14.4. The highest BCUT2D eigenvalue weighted by atomic mass is 16.7. The van der Waals surface area contributed by atoms with E-state index in [-0.39, 0.29) is 30.4 Å². The number of furan rings is 1. The van der Waals surface area contributed by atoms with Crippen molar-refractivity contribution in [1.29, 1.82) is 0 Å². The highest BCUT2D eigenvalue weighted by molar-refractivity contribution is 6.39. The largest absolute Gasteiger partial charge is 0.463 e. The van der Waals surface area contributed by atoms with Gasteiger partial charge < -0.3 is 23.2 Å². The lowest BCUT2D eigenvalue weighted by Crippen LogP contribution is -2.54. The zero-order valence-electron chi connectivity index (χ0n) is 19.9. The minimum Gasteiger partial charge on any atom is -0.463 e. The van der Waals surface area contributed by atoms with E-state index in [0.29, 0.717) is 22.8 Å². The van der Waals surface area contributed by atoms with Gasteiger partial charge in [-0.05, 0) is 36.4 Å². The standard InChI is InChI=1S/C27H19N3O8/c1-35-26(33)22-9-7-17(38-22)13-29-12-15(18-4-2-3-5-20(18)29)10-19-24(31)28-27(34)30(25(19)32)16-6-8-21-23(11-16)37-14-36-21/h2-12H,13-14H2,1H3,(H,28,31,34)/b19-10+. The van der Waals surface area contributed by atoms with Crippen molar-refractivity contribution in [2.24, 2.45) is 0 Å². The van der Waals surface area contributed by atoms with Gasteiger partial charge in [-0.15, -0.1) is 0 Å². The predicted octanol–water partition coefficient (Wildman–Crippen LogP) is 3.46. The van der Waals surface area contributed by atoms with Gasteiger partial charge in [0.15, 0.2) is 11.5 Å². The fourth-order valence-corrected chi connectivity index (χ4v) is 4.43. The first-order valence-corrected chi connectivity index (χ1v) is 11.5. The van der Waals surface area contributed by atoms with E-state index in [1.54, 1.807) is 18.3 Å². The Labute approximate surface area is 214 Å². The number of para-hydroxylation sites is 1. The Morgan fingerprint density at radius 3 is 2.71 bits per heavy atom. The van der Waals surface area contributed by atoms with Crippen molar-refractivity contribution >= 4 is 46.5 Å². The van der Waals surface area contributed by atoms with Gasteiger partial charge in [-0.1, -0.05) is 18.2 Å². The van der Waals surface area contributed by atoms with E-state index in [2.05, 4.69) is 5.32 Å². The summed E-state index contributed by atoms with van der Waals surface area (Å²) in [6.07, 6.45) is 3.21. The van der Waals surface area contributed by atoms with Crippen LogP contribution in [-0.4, -0.2) is 42.3 Å². The van der Waals surface area contributed by atoms with Crippen LogP contribution < -0.4 is 19.7 Å². The van der Waals surface area contributed by atoms with E-state index >= 15 is 0 Å². The number of aromatic nitrogens is 1. The van der Waals surface area contributed by atoms with Crippen molar-refractivity contribution < 1.29 is 37.8 Å². The molecular weight excluding hydrogens is 494 g/mol. The summed E-state index contributed by atoms with van der Waals surface area (Å²) in [4.78, 5) is 51.4. The first-order chi connectivity index (χ1) is 18.4. The van der Waals surface area contributed by atoms with Gasteiger partial charge in [-0.25, -0.2) is 14.5 Å². The summed E-state index contributed by atoms with van der Waals surface area (Å²) in [5, 5.41) is 3.00. The van der Waals surface area contributed by atoms with Crippen molar-refractivity contribution in [3.63, 3.8) is 0 Å². The van der Waals surface area contributed by atoms with Crippen LogP contribution in [0.1, 0.15) is 21.9 Å². The van der Waals surface area contributed by atoms with E-state index in [1.807, 2.05) is 28.8 Å². The molecule has 0 spiro atoms. The van der Waals surface area contributed by atoms with Crippen molar-refractivity contribution in [3.05, 3.63) is 83.5 Å². The molecule has 4 aromatic rings. The number of carbonyl (C=O) groups is 4. The number of methoxy groups -OCH3 is 1. The molecule has 11 heteroatoms. The molecule has 0 bridgehead atoms. The van der Waals surface area contributed by atoms with Crippen LogP contribution in [-0.2, 0) is 20.9 Å². The number of hydrogen-bond acceptors (Lipinski definition) is 8. The molecular formula is C27H19N3O8. The predicted molar refractivity (Wildman–Crippen MR) is 133 cm³/mol. The SMILES string of the molecule is COC(=O)c1ccc(Cn2cc(/C=C3\C(=O)NC(=O)N(c4ccc5c(c4)OCO5)C3=O)c3ccccc32)o1. The number of esters is 1. The number of fused-ring (bicyclic) bond motifs is 2. The number of hydrogen-bond donors (Lipinski definition) is 1. The third-order valence-corrected chi connectivity index (χ3v) is 6.21. The van der Waals surface area contributed by atoms with Crippen LogP contribution in [0.3, 0.4) is 0 Å². The van der Waals surface area contributed by atoms with Gasteiger partial charge in [0, 0.05) is 28.7 Å². The van der Waals surface area contributed by atoms with Crippen molar-refractivity contribution in [3.8, 4) is 11.5 Å². The third kappa shape index (κ3) is 3.86. The summed E-state index contributed by atoms with van der Waals surface area (Å²) in [7, 11) is 1.27. The van der Waals surface area contributed by atoms with Crippen LogP contribution in [0.15, 0.2) is 70.8 Å². The van der Waals surface area contributed by atoms with E-state index in [1.165, 1.54) is 31.4 Å². The van der Waals surface area contributed by atoms with Gasteiger partial charge >= 0.3 is 12.0 Å². The van der Waals surface area contributed by atoms with Crippen molar-refractivity contribution in [1.82, 2.24) is 9.88 Å². The van der Waals surface area contributed by atoms with E-state index < -0.39 is 23.8 Å². The number of rotatable bonds is 5. The zero-order chi connectivity index (χ0) is 26.4. The Morgan fingerprint density at radius 1 is 1.05 bits per heavy atom. The van der Waals surface area contributed by atoms with Crippen molar-refractivity contribution in [2.75, 3.05) is 18.8 Å². The summed E-state index contributed by atoms with van der Waals surface area (Å²) < 4.78 is 22.8. The fourth-order valence-electron chi connectivity index (χ4n) is 4.43. The molecule has 2 aliphatic heterocycles. The molecule has 0 unspecified atom stereocenters. The second-order valence-corrected chi connectivity index (χ2v) is 8.48. The van der Waals surface area contributed by atoms with Crippen LogP contribution in [0.4, 0.5) is 10.5 Å². The van der Waals surface area contributed by atoms with Crippen LogP contribution in [0.2, 0.25) is 0 Å². The molecule has 2 aliphatic rings. The van der Waals surface area contributed by atoms with Gasteiger partial charge in [-0.3, -0.25) is 14.9 Å². The Bertz CT molecular complexity index is 1680. The molecule has 0 atom stereocenters. The maximum atomic E-state index is 13.4. The minimum atomic E-state index is -0.863. The fraction of sp³-hybridized carbons (Fsp3) is 0.111. The first kappa shape index (κ1) is 23.1. The number of carbonyl (C=O) groups excluding carboxylic acids is 4. The molecule has 11 nitrogen and oxygen atoms in total. The van der Waals surface area contributed by atoms with E-state index in [4.69, 9.17) is 18.6 Å². The Balaban J connectivity index is 1.37. The molecule has 0 radical (unpaired) electrons. The Morgan fingerprint density at radius 2 is 1.87 bits per heavy atom. The lowest BCUT2D eigenvalue weighted by atomic mass is 10.1. The summed E-state index contributed by atoms with van der Waals surface area (Å²) in [5.74, 6) is -0.681. The second-order valence-electron chi connectivity index (χ2n) is 8.48. The normalized spacial score (nSPS) is 15.9. The highest BCUT2D eigenvalue weighted by Gasteiger charge is 2.37. The number of imide groups is 2. The van der Waals surface area contributed by atoms with Crippen LogP contribution >= 0.6 is 0 Å². The number of ether oxygens (including phenoxy) is 3. The highest BCUT2D eigenvalue weighted by Crippen LogP contribution is 2.36. The number of barbiturate groups is 1.